The fraction of sp³-hybridized carbons (Fsp3) is 0.714. The van der Waals surface area contributed by atoms with E-state index in [1.807, 2.05) is 13.0 Å². The molecule has 1 aliphatic rings. The molecule has 0 spiro atoms. The predicted molar refractivity (Wildman–Crippen MR) is 71.2 cm³/mol. The standard InChI is InChI=1S/C14H22N2O4/c1-3-11-10-12(14(17)18-2)16(15-11)7-9-20-13-6-4-5-8-19-13/h10,13H,3-9H2,1-2H3/p+1. The summed E-state index contributed by atoms with van der Waals surface area (Å²) >= 11 is 0. The molecule has 6 heteroatoms. The van der Waals surface area contributed by atoms with Crippen LogP contribution in [0.5, 0.6) is 0 Å². The highest BCUT2D eigenvalue weighted by Gasteiger charge is 2.24. The van der Waals surface area contributed by atoms with E-state index in [9.17, 15) is 4.79 Å². The number of methoxy groups -OCH3 is 1. The number of rotatable bonds is 6. The van der Waals surface area contributed by atoms with Crippen molar-refractivity contribution in [1.82, 2.24) is 5.10 Å². The van der Waals surface area contributed by atoms with Crippen molar-refractivity contribution in [3.05, 3.63) is 17.5 Å². The normalized spacial score (nSPS) is 19.0. The van der Waals surface area contributed by atoms with Gasteiger partial charge >= 0.3 is 11.7 Å². The lowest BCUT2D eigenvalue weighted by Gasteiger charge is -2.21. The van der Waals surface area contributed by atoms with Crippen molar-refractivity contribution in [1.29, 1.82) is 0 Å². The van der Waals surface area contributed by atoms with Gasteiger partial charge in [0, 0.05) is 12.7 Å². The van der Waals surface area contributed by atoms with Crippen molar-refractivity contribution >= 4 is 5.97 Å². The Bertz CT molecular complexity index is 438. The number of aryl methyl sites for hydroxylation is 1. The summed E-state index contributed by atoms with van der Waals surface area (Å²) in [5, 5.41) is 3.18. The highest BCUT2D eigenvalue weighted by molar-refractivity contribution is 5.85. The fourth-order valence-corrected chi connectivity index (χ4v) is 2.26. The number of H-pyrrole nitrogens is 1. The summed E-state index contributed by atoms with van der Waals surface area (Å²) in [6.45, 7) is 3.88. The molecule has 1 saturated heterocycles. The van der Waals surface area contributed by atoms with E-state index in [2.05, 4.69) is 5.10 Å². The van der Waals surface area contributed by atoms with Gasteiger partial charge in [-0.2, -0.15) is 5.10 Å². The van der Waals surface area contributed by atoms with Crippen molar-refractivity contribution in [2.45, 2.75) is 45.4 Å². The smallest absolute Gasteiger partial charge is 0.405 e. The molecular weight excluding hydrogens is 260 g/mol. The summed E-state index contributed by atoms with van der Waals surface area (Å²) in [4.78, 5) is 11.7. The van der Waals surface area contributed by atoms with Gasteiger partial charge in [0.2, 0.25) is 0 Å². The van der Waals surface area contributed by atoms with Crippen molar-refractivity contribution in [2.75, 3.05) is 20.3 Å². The lowest BCUT2D eigenvalue weighted by Crippen LogP contribution is -2.44. The Morgan fingerprint density at radius 2 is 2.40 bits per heavy atom. The quantitative estimate of drug-likeness (QED) is 0.629. The Morgan fingerprint density at radius 1 is 1.55 bits per heavy atom. The van der Waals surface area contributed by atoms with Gasteiger partial charge < -0.3 is 14.2 Å². The summed E-state index contributed by atoms with van der Waals surface area (Å²) in [6, 6.07) is 1.82. The van der Waals surface area contributed by atoms with Crippen molar-refractivity contribution in [2.24, 2.45) is 0 Å². The summed E-state index contributed by atoms with van der Waals surface area (Å²) in [6.07, 6.45) is 3.93. The largest absolute Gasteiger partial charge is 0.461 e. The molecule has 0 aromatic carbocycles. The number of carbonyl (C=O) groups is 1. The summed E-state index contributed by atoms with van der Waals surface area (Å²) in [5.74, 6) is -0.338. The molecule has 2 heterocycles. The van der Waals surface area contributed by atoms with Crippen molar-refractivity contribution in [3.63, 3.8) is 0 Å². The lowest BCUT2D eigenvalue weighted by atomic mass is 10.2. The highest BCUT2D eigenvalue weighted by atomic mass is 16.7. The van der Waals surface area contributed by atoms with Crippen LogP contribution >= 0.6 is 0 Å². The van der Waals surface area contributed by atoms with Crippen LogP contribution in [0.25, 0.3) is 0 Å². The Kier molecular flexibility index (Phi) is 5.55. The monoisotopic (exact) mass is 283 g/mol. The average molecular weight is 283 g/mol. The summed E-state index contributed by atoms with van der Waals surface area (Å²) in [5.41, 5.74) is 1.52. The van der Waals surface area contributed by atoms with Gasteiger partial charge in [0.1, 0.15) is 6.61 Å². The van der Waals surface area contributed by atoms with Crippen LogP contribution in [0.15, 0.2) is 6.07 Å². The maximum Gasteiger partial charge on any atom is 0.405 e. The van der Waals surface area contributed by atoms with E-state index in [4.69, 9.17) is 14.2 Å². The predicted octanol–water partition coefficient (Wildman–Crippen LogP) is 1.19. The molecule has 1 aromatic rings. The van der Waals surface area contributed by atoms with Gasteiger partial charge in [0.15, 0.2) is 12.8 Å². The molecule has 0 bridgehead atoms. The molecule has 0 aliphatic carbocycles. The van der Waals surface area contributed by atoms with E-state index < -0.39 is 0 Å². The zero-order valence-corrected chi connectivity index (χ0v) is 12.2. The first-order valence-electron chi connectivity index (χ1n) is 7.17. The number of hydrogen-bond acceptors (Lipinski definition) is 4. The fourth-order valence-electron chi connectivity index (χ4n) is 2.26. The first kappa shape index (κ1) is 15.0. The van der Waals surface area contributed by atoms with Gasteiger partial charge in [-0.25, -0.2) is 4.79 Å². The maximum atomic E-state index is 11.7. The van der Waals surface area contributed by atoms with Gasteiger partial charge in [-0.05, 0) is 25.7 Å². The molecule has 1 fully saturated rings. The Labute approximate surface area is 119 Å². The molecule has 2 rings (SSSR count). The van der Waals surface area contributed by atoms with E-state index in [-0.39, 0.29) is 12.3 Å². The van der Waals surface area contributed by atoms with Gasteiger partial charge in [0.25, 0.3) is 0 Å². The molecule has 112 valence electrons. The van der Waals surface area contributed by atoms with Crippen LogP contribution in [-0.4, -0.2) is 37.7 Å². The van der Waals surface area contributed by atoms with Crippen LogP contribution in [-0.2, 0) is 27.2 Å². The number of nitrogens with zero attached hydrogens (tertiary/aromatic N) is 1. The van der Waals surface area contributed by atoms with Crippen LogP contribution in [0.3, 0.4) is 0 Å². The molecule has 6 nitrogen and oxygen atoms in total. The molecular formula is C14H23N2O4+. The van der Waals surface area contributed by atoms with E-state index in [1.165, 1.54) is 7.11 Å². The van der Waals surface area contributed by atoms with Crippen LogP contribution in [0.4, 0.5) is 0 Å². The minimum absolute atomic E-state index is 0.105. The number of esters is 1. The second kappa shape index (κ2) is 7.40. The third kappa shape index (κ3) is 3.80. The van der Waals surface area contributed by atoms with Gasteiger partial charge in [-0.15, -0.1) is 4.68 Å². The van der Waals surface area contributed by atoms with Crippen LogP contribution < -0.4 is 4.68 Å². The van der Waals surface area contributed by atoms with E-state index in [0.717, 1.165) is 38.0 Å². The average Bonchev–Trinajstić information content (AvgIpc) is 2.91. The number of hydrogen-bond donors (Lipinski definition) is 1. The maximum absolute atomic E-state index is 11.7. The highest BCUT2D eigenvalue weighted by Crippen LogP contribution is 2.13. The first-order valence-corrected chi connectivity index (χ1v) is 7.17. The number of aromatic nitrogens is 2. The molecule has 0 radical (unpaired) electrons. The molecule has 1 aliphatic heterocycles. The minimum atomic E-state index is -0.338. The van der Waals surface area contributed by atoms with Crippen LogP contribution in [0, 0.1) is 0 Å². The van der Waals surface area contributed by atoms with Gasteiger partial charge in [-0.3, -0.25) is 0 Å². The third-order valence-corrected chi connectivity index (χ3v) is 3.41. The minimum Gasteiger partial charge on any atom is -0.461 e. The first-order chi connectivity index (χ1) is 9.74. The van der Waals surface area contributed by atoms with Crippen LogP contribution in [0.2, 0.25) is 0 Å². The molecule has 1 unspecified atom stereocenters. The number of nitrogens with one attached hydrogen (secondary N) is 1. The Hall–Kier alpha value is -1.40. The topological polar surface area (TPSA) is 64.4 Å². The van der Waals surface area contributed by atoms with Crippen molar-refractivity contribution < 1.29 is 23.7 Å². The number of aromatic amines is 1. The Balaban J connectivity index is 1.90. The van der Waals surface area contributed by atoms with Crippen molar-refractivity contribution in [3.8, 4) is 0 Å². The zero-order valence-electron chi connectivity index (χ0n) is 12.2. The lowest BCUT2D eigenvalue weighted by molar-refractivity contribution is -0.754. The molecule has 1 N–H and O–H groups in total. The SMILES string of the molecule is CCc1cc(C(=O)OC)[n+](CCOC2CCCCO2)[nH]1. The Morgan fingerprint density at radius 3 is 3.05 bits per heavy atom. The third-order valence-electron chi connectivity index (χ3n) is 3.41. The second-order valence-electron chi connectivity index (χ2n) is 4.83. The number of carbonyl (C=O) groups excluding carboxylic acids is 1. The zero-order chi connectivity index (χ0) is 14.4. The molecule has 20 heavy (non-hydrogen) atoms. The summed E-state index contributed by atoms with van der Waals surface area (Å²) in [7, 11) is 1.39. The summed E-state index contributed by atoms with van der Waals surface area (Å²) < 4.78 is 17.7. The van der Waals surface area contributed by atoms with Gasteiger partial charge in [0.05, 0.1) is 12.8 Å². The van der Waals surface area contributed by atoms with Gasteiger partial charge in [-0.1, -0.05) is 6.92 Å². The molecule has 0 amide bonds. The van der Waals surface area contributed by atoms with E-state index >= 15 is 0 Å². The second-order valence-corrected chi connectivity index (χ2v) is 4.83. The molecule has 1 atom stereocenters. The molecule has 0 saturated carbocycles. The van der Waals surface area contributed by atoms with Crippen LogP contribution in [0.1, 0.15) is 42.4 Å². The molecule has 1 aromatic heterocycles. The van der Waals surface area contributed by atoms with E-state index in [0.29, 0.717) is 18.8 Å². The van der Waals surface area contributed by atoms with E-state index in [1.54, 1.807) is 4.68 Å². The number of ether oxygens (including phenoxy) is 3.